The lowest BCUT2D eigenvalue weighted by Gasteiger charge is -2.11. The number of Topliss-reactive ketones (excluding diaryl/α,β-unsaturated/α-hetero) is 1. The minimum absolute atomic E-state index is 0.133. The molecular weight excluding hydrogens is 368 g/mol. The molecule has 5 nitrogen and oxygen atoms in total. The van der Waals surface area contributed by atoms with Crippen LogP contribution in [0.2, 0.25) is 0 Å². The van der Waals surface area contributed by atoms with Crippen molar-refractivity contribution in [3.63, 3.8) is 0 Å². The number of carbonyl (C=O) groups is 1. The molecular formula is C22H28N4OS. The number of aryl methyl sites for hydroxylation is 2. The first-order chi connectivity index (χ1) is 13.4. The number of para-hydroxylation sites is 1. The third kappa shape index (κ3) is 4.38. The zero-order valence-corrected chi connectivity index (χ0v) is 18.1. The lowest BCUT2D eigenvalue weighted by Crippen LogP contribution is -2.09. The number of ketones is 1. The number of nitrogens with zero attached hydrogens (tertiary/aromatic N) is 4. The van der Waals surface area contributed by atoms with Gasteiger partial charge in [0.1, 0.15) is 5.82 Å². The highest BCUT2D eigenvalue weighted by Crippen LogP contribution is 2.24. The molecule has 0 aliphatic rings. The summed E-state index contributed by atoms with van der Waals surface area (Å²) >= 11 is 1.44. The van der Waals surface area contributed by atoms with Crippen LogP contribution in [0.3, 0.4) is 0 Å². The predicted molar refractivity (Wildman–Crippen MR) is 115 cm³/mol. The molecule has 0 atom stereocenters. The molecule has 3 rings (SSSR count). The van der Waals surface area contributed by atoms with Crippen LogP contribution in [0.15, 0.2) is 41.6 Å². The van der Waals surface area contributed by atoms with E-state index in [4.69, 9.17) is 0 Å². The topological polar surface area (TPSA) is 52.7 Å². The van der Waals surface area contributed by atoms with Crippen molar-refractivity contribution in [2.24, 2.45) is 5.92 Å². The molecule has 2 aromatic heterocycles. The lowest BCUT2D eigenvalue weighted by atomic mass is 10.1. The van der Waals surface area contributed by atoms with Crippen molar-refractivity contribution in [3.8, 4) is 5.69 Å². The standard InChI is InChI=1S/C22H28N4OS/c1-15(2)11-12-25-16(3)13-20(17(25)4)21(27)14-28-22-24-23-18(5)26(22)19-9-7-6-8-10-19/h6-10,13,15H,11-12,14H2,1-5H3. The van der Waals surface area contributed by atoms with Gasteiger partial charge in [0.2, 0.25) is 0 Å². The van der Waals surface area contributed by atoms with Gasteiger partial charge in [-0.2, -0.15) is 0 Å². The number of hydrogen-bond acceptors (Lipinski definition) is 4. The molecule has 2 heterocycles. The Bertz CT molecular complexity index is 957. The molecule has 0 aliphatic carbocycles. The minimum atomic E-state index is 0.133. The van der Waals surface area contributed by atoms with E-state index in [-0.39, 0.29) is 5.78 Å². The van der Waals surface area contributed by atoms with Crippen LogP contribution in [0.5, 0.6) is 0 Å². The molecule has 0 spiro atoms. The number of aromatic nitrogens is 4. The Kier molecular flexibility index (Phi) is 6.39. The molecule has 0 unspecified atom stereocenters. The van der Waals surface area contributed by atoms with E-state index in [0.717, 1.165) is 46.6 Å². The van der Waals surface area contributed by atoms with Gasteiger partial charge in [0, 0.05) is 29.2 Å². The van der Waals surface area contributed by atoms with Crippen LogP contribution >= 0.6 is 11.8 Å². The first-order valence-corrected chi connectivity index (χ1v) is 10.7. The average Bonchev–Trinajstić information content (AvgIpc) is 3.18. The van der Waals surface area contributed by atoms with E-state index in [1.54, 1.807) is 0 Å². The minimum Gasteiger partial charge on any atom is -0.348 e. The Morgan fingerprint density at radius 2 is 1.82 bits per heavy atom. The molecule has 0 saturated heterocycles. The fraction of sp³-hybridized carbons (Fsp3) is 0.409. The Hall–Kier alpha value is -2.34. The normalized spacial score (nSPS) is 11.4. The van der Waals surface area contributed by atoms with Crippen molar-refractivity contribution in [1.82, 2.24) is 19.3 Å². The lowest BCUT2D eigenvalue weighted by molar-refractivity contribution is 0.102. The van der Waals surface area contributed by atoms with Crippen LogP contribution in [-0.2, 0) is 6.54 Å². The van der Waals surface area contributed by atoms with Crippen LogP contribution in [0.1, 0.15) is 47.8 Å². The second-order valence-electron chi connectivity index (χ2n) is 7.53. The maximum absolute atomic E-state index is 12.9. The van der Waals surface area contributed by atoms with Crippen molar-refractivity contribution in [1.29, 1.82) is 0 Å². The molecule has 0 saturated carbocycles. The first kappa shape index (κ1) is 20.4. The van der Waals surface area contributed by atoms with Gasteiger partial charge in [0.25, 0.3) is 0 Å². The van der Waals surface area contributed by atoms with E-state index >= 15 is 0 Å². The summed E-state index contributed by atoms with van der Waals surface area (Å²) in [4.78, 5) is 12.9. The van der Waals surface area contributed by atoms with E-state index in [9.17, 15) is 4.79 Å². The summed E-state index contributed by atoms with van der Waals surface area (Å²) in [6.07, 6.45) is 1.11. The van der Waals surface area contributed by atoms with Crippen molar-refractivity contribution in [3.05, 3.63) is 59.2 Å². The zero-order chi connectivity index (χ0) is 20.3. The average molecular weight is 397 g/mol. The van der Waals surface area contributed by atoms with Crippen LogP contribution in [0, 0.1) is 26.7 Å². The Labute approximate surface area is 171 Å². The third-order valence-electron chi connectivity index (χ3n) is 4.95. The van der Waals surface area contributed by atoms with Crippen LogP contribution in [0.4, 0.5) is 0 Å². The summed E-state index contributed by atoms with van der Waals surface area (Å²) < 4.78 is 4.25. The Morgan fingerprint density at radius 3 is 2.50 bits per heavy atom. The predicted octanol–water partition coefficient (Wildman–Crippen LogP) is 5.02. The van der Waals surface area contributed by atoms with Crippen LogP contribution in [0.25, 0.3) is 5.69 Å². The Morgan fingerprint density at radius 1 is 1.11 bits per heavy atom. The van der Waals surface area contributed by atoms with E-state index in [1.165, 1.54) is 11.8 Å². The van der Waals surface area contributed by atoms with Crippen LogP contribution in [-0.4, -0.2) is 30.9 Å². The van der Waals surface area contributed by atoms with E-state index in [1.807, 2.05) is 54.8 Å². The highest BCUT2D eigenvalue weighted by atomic mass is 32.2. The number of rotatable bonds is 8. The second-order valence-corrected chi connectivity index (χ2v) is 8.47. The smallest absolute Gasteiger partial charge is 0.196 e. The van der Waals surface area contributed by atoms with Gasteiger partial charge >= 0.3 is 0 Å². The molecule has 0 fully saturated rings. The first-order valence-electron chi connectivity index (χ1n) is 9.68. The number of benzene rings is 1. The number of thioether (sulfide) groups is 1. The van der Waals surface area contributed by atoms with Gasteiger partial charge < -0.3 is 4.57 Å². The van der Waals surface area contributed by atoms with Gasteiger partial charge in [-0.1, -0.05) is 43.8 Å². The van der Waals surface area contributed by atoms with E-state index in [0.29, 0.717) is 11.7 Å². The third-order valence-corrected chi connectivity index (χ3v) is 5.87. The fourth-order valence-electron chi connectivity index (χ4n) is 3.33. The molecule has 0 N–H and O–H groups in total. The highest BCUT2D eigenvalue weighted by Gasteiger charge is 2.18. The summed E-state index contributed by atoms with van der Waals surface area (Å²) in [6.45, 7) is 11.4. The van der Waals surface area contributed by atoms with Gasteiger partial charge in [-0.05, 0) is 51.3 Å². The second kappa shape index (κ2) is 8.78. The molecule has 1 aromatic carbocycles. The van der Waals surface area contributed by atoms with Gasteiger partial charge in [-0.15, -0.1) is 10.2 Å². The fourth-order valence-corrected chi connectivity index (χ4v) is 4.21. The summed E-state index contributed by atoms with van der Waals surface area (Å²) in [6, 6.07) is 12.0. The quantitative estimate of drug-likeness (QED) is 0.396. The summed E-state index contributed by atoms with van der Waals surface area (Å²) in [5.74, 6) is 1.94. The number of hydrogen-bond donors (Lipinski definition) is 0. The SMILES string of the molecule is Cc1cc(C(=O)CSc2nnc(C)n2-c2ccccc2)c(C)n1CCC(C)C. The molecule has 0 radical (unpaired) electrons. The largest absolute Gasteiger partial charge is 0.348 e. The zero-order valence-electron chi connectivity index (χ0n) is 17.3. The molecule has 6 heteroatoms. The highest BCUT2D eigenvalue weighted by molar-refractivity contribution is 7.99. The molecule has 148 valence electrons. The molecule has 28 heavy (non-hydrogen) atoms. The summed E-state index contributed by atoms with van der Waals surface area (Å²) in [7, 11) is 0. The van der Waals surface area contributed by atoms with Gasteiger partial charge in [0.15, 0.2) is 10.9 Å². The van der Waals surface area contributed by atoms with Gasteiger partial charge in [0.05, 0.1) is 5.75 Å². The van der Waals surface area contributed by atoms with Crippen molar-refractivity contribution in [2.75, 3.05) is 5.75 Å². The monoisotopic (exact) mass is 396 g/mol. The van der Waals surface area contributed by atoms with E-state index in [2.05, 4.69) is 35.5 Å². The molecule has 0 amide bonds. The van der Waals surface area contributed by atoms with Crippen LogP contribution < -0.4 is 0 Å². The maximum Gasteiger partial charge on any atom is 0.196 e. The van der Waals surface area contributed by atoms with Crippen molar-refractivity contribution < 1.29 is 4.79 Å². The summed E-state index contributed by atoms with van der Waals surface area (Å²) in [5, 5.41) is 9.21. The maximum atomic E-state index is 12.9. The van der Waals surface area contributed by atoms with Crippen molar-refractivity contribution in [2.45, 2.75) is 52.7 Å². The number of carbonyl (C=O) groups excluding carboxylic acids is 1. The summed E-state index contributed by atoms with van der Waals surface area (Å²) in [5.41, 5.74) is 4.03. The van der Waals surface area contributed by atoms with Crippen molar-refractivity contribution >= 4 is 17.5 Å². The van der Waals surface area contributed by atoms with Gasteiger partial charge in [-0.3, -0.25) is 9.36 Å². The van der Waals surface area contributed by atoms with E-state index < -0.39 is 0 Å². The van der Waals surface area contributed by atoms with Gasteiger partial charge in [-0.25, -0.2) is 0 Å². The molecule has 0 bridgehead atoms. The molecule has 0 aliphatic heterocycles. The molecule has 3 aromatic rings. The Balaban J connectivity index is 1.75.